The molecule has 204 valence electrons. The maximum atomic E-state index is 13.7. The molecule has 0 saturated carbocycles. The first-order valence-corrected chi connectivity index (χ1v) is 11.9. The molecule has 2 aromatic rings. The molecule has 5 unspecified atom stereocenters. The van der Waals surface area contributed by atoms with Crippen LogP contribution in [0.15, 0.2) is 42.5 Å². The molecule has 4 nitrogen and oxygen atoms in total. The molecular weight excluding hydrogens is 507 g/mol. The third-order valence-corrected chi connectivity index (χ3v) is 6.93. The molecule has 0 radical (unpaired) electrons. The summed E-state index contributed by atoms with van der Waals surface area (Å²) in [7, 11) is 1.96. The molecule has 37 heavy (non-hydrogen) atoms. The van der Waals surface area contributed by atoms with Crippen molar-refractivity contribution >= 4 is 0 Å². The average Bonchev–Trinajstić information content (AvgIpc) is 2.83. The number of morpholine rings is 1. The number of hydrogen-bond acceptors (Lipinski definition) is 4. The van der Waals surface area contributed by atoms with Crippen LogP contribution in [0.1, 0.15) is 47.6 Å². The van der Waals surface area contributed by atoms with E-state index >= 15 is 0 Å². The van der Waals surface area contributed by atoms with Gasteiger partial charge in [0.2, 0.25) is 0 Å². The number of ether oxygens (including phenoxy) is 3. The first-order valence-electron chi connectivity index (χ1n) is 11.9. The minimum Gasteiger partial charge on any atom is -0.375 e. The van der Waals surface area contributed by atoms with Crippen molar-refractivity contribution < 1.29 is 44.9 Å². The average molecular weight is 536 g/mol. The van der Waals surface area contributed by atoms with Crippen molar-refractivity contribution in [1.29, 1.82) is 0 Å². The van der Waals surface area contributed by atoms with Crippen LogP contribution in [0, 0.1) is 11.7 Å². The Kier molecular flexibility index (Phi) is 8.18. The van der Waals surface area contributed by atoms with E-state index in [1.165, 1.54) is 19.1 Å². The molecular formula is C26H28F7NO3. The van der Waals surface area contributed by atoms with Gasteiger partial charge in [0.1, 0.15) is 5.82 Å². The van der Waals surface area contributed by atoms with Gasteiger partial charge in [-0.15, -0.1) is 0 Å². The standard InChI is InChI=1S/C26H28F7NO3/c1-15(17-11-18(25(28,29)30)13-19(12-17)26(31,32)33)37-24-23(16-3-5-20(27)6-4-16)21(7-9-36-24)22-14-34(2)8-10-35-22/h3-6,11-13,15,21-24H,7-10,14H2,1-2H3. The van der Waals surface area contributed by atoms with E-state index in [9.17, 15) is 30.7 Å². The lowest BCUT2D eigenvalue weighted by Crippen LogP contribution is -2.49. The zero-order valence-corrected chi connectivity index (χ0v) is 20.3. The van der Waals surface area contributed by atoms with Gasteiger partial charge in [-0.1, -0.05) is 12.1 Å². The second kappa shape index (κ2) is 10.9. The van der Waals surface area contributed by atoms with Gasteiger partial charge in [0.25, 0.3) is 0 Å². The Bertz CT molecular complexity index is 1030. The molecule has 0 aromatic heterocycles. The van der Waals surface area contributed by atoms with Crippen molar-refractivity contribution in [2.75, 3.05) is 33.4 Å². The van der Waals surface area contributed by atoms with E-state index in [4.69, 9.17) is 14.2 Å². The molecule has 2 fully saturated rings. The smallest absolute Gasteiger partial charge is 0.375 e. The molecule has 0 bridgehead atoms. The molecule has 0 amide bonds. The highest BCUT2D eigenvalue weighted by Gasteiger charge is 2.43. The Labute approximate surface area is 210 Å². The lowest BCUT2D eigenvalue weighted by molar-refractivity contribution is -0.223. The quantitative estimate of drug-likeness (QED) is 0.414. The molecule has 5 atom stereocenters. The number of nitrogens with zero attached hydrogens (tertiary/aromatic N) is 1. The van der Waals surface area contributed by atoms with Crippen LogP contribution < -0.4 is 0 Å². The first kappa shape index (κ1) is 27.8. The summed E-state index contributed by atoms with van der Waals surface area (Å²) in [6.07, 6.45) is -11.7. The maximum absolute atomic E-state index is 13.7. The van der Waals surface area contributed by atoms with E-state index in [0.29, 0.717) is 37.3 Å². The Morgan fingerprint density at radius 2 is 1.54 bits per heavy atom. The summed E-state index contributed by atoms with van der Waals surface area (Å²) < 4.78 is 112. The first-order chi connectivity index (χ1) is 17.3. The molecule has 2 aromatic carbocycles. The van der Waals surface area contributed by atoms with Crippen LogP contribution in [0.3, 0.4) is 0 Å². The molecule has 4 rings (SSSR count). The van der Waals surface area contributed by atoms with Gasteiger partial charge in [-0.3, -0.25) is 0 Å². The van der Waals surface area contributed by atoms with E-state index in [1.54, 1.807) is 12.1 Å². The van der Waals surface area contributed by atoms with Gasteiger partial charge in [0, 0.05) is 24.9 Å². The van der Waals surface area contributed by atoms with Gasteiger partial charge in [0.15, 0.2) is 6.29 Å². The second-order valence-electron chi connectivity index (χ2n) is 9.56. The Balaban J connectivity index is 1.66. The molecule has 2 aliphatic heterocycles. The summed E-state index contributed by atoms with van der Waals surface area (Å²) >= 11 is 0. The molecule has 0 spiro atoms. The summed E-state index contributed by atoms with van der Waals surface area (Å²) in [5.41, 5.74) is -2.42. The monoisotopic (exact) mass is 535 g/mol. The number of alkyl halides is 6. The van der Waals surface area contributed by atoms with Crippen molar-refractivity contribution in [2.45, 2.75) is 50.1 Å². The Morgan fingerprint density at radius 3 is 2.11 bits per heavy atom. The highest BCUT2D eigenvalue weighted by atomic mass is 19.4. The number of rotatable bonds is 5. The number of likely N-dealkylation sites (N-methyl/N-ethyl adjacent to an activating group) is 1. The summed E-state index contributed by atoms with van der Waals surface area (Å²) in [6.45, 7) is 3.55. The normalized spacial score (nSPS) is 26.7. The number of benzene rings is 2. The fraction of sp³-hybridized carbons (Fsp3) is 0.538. The fourth-order valence-corrected chi connectivity index (χ4v) is 5.00. The second-order valence-corrected chi connectivity index (χ2v) is 9.56. The highest BCUT2D eigenvalue weighted by Crippen LogP contribution is 2.43. The van der Waals surface area contributed by atoms with Crippen LogP contribution in [0.4, 0.5) is 30.7 Å². The molecule has 0 N–H and O–H groups in total. The lowest BCUT2D eigenvalue weighted by Gasteiger charge is -2.44. The van der Waals surface area contributed by atoms with Crippen LogP contribution >= 0.6 is 0 Å². The lowest BCUT2D eigenvalue weighted by atomic mass is 9.78. The van der Waals surface area contributed by atoms with E-state index < -0.39 is 47.6 Å². The minimum atomic E-state index is -4.97. The predicted molar refractivity (Wildman–Crippen MR) is 120 cm³/mol. The van der Waals surface area contributed by atoms with Crippen LogP contribution in [0.25, 0.3) is 0 Å². The van der Waals surface area contributed by atoms with Gasteiger partial charge in [-0.2, -0.15) is 26.3 Å². The van der Waals surface area contributed by atoms with E-state index in [0.717, 1.165) is 6.54 Å². The van der Waals surface area contributed by atoms with E-state index in [2.05, 4.69) is 4.90 Å². The summed E-state index contributed by atoms with van der Waals surface area (Å²) in [6, 6.07) is 7.15. The third kappa shape index (κ3) is 6.63. The summed E-state index contributed by atoms with van der Waals surface area (Å²) in [4.78, 5) is 2.12. The van der Waals surface area contributed by atoms with Crippen LogP contribution in [0.2, 0.25) is 0 Å². The van der Waals surface area contributed by atoms with Crippen molar-refractivity contribution in [3.63, 3.8) is 0 Å². The topological polar surface area (TPSA) is 30.9 Å². The van der Waals surface area contributed by atoms with Gasteiger partial charge >= 0.3 is 12.4 Å². The van der Waals surface area contributed by atoms with Gasteiger partial charge < -0.3 is 19.1 Å². The van der Waals surface area contributed by atoms with Gasteiger partial charge in [-0.25, -0.2) is 4.39 Å². The van der Waals surface area contributed by atoms with Gasteiger partial charge in [-0.05, 0) is 61.9 Å². The maximum Gasteiger partial charge on any atom is 0.416 e. The third-order valence-electron chi connectivity index (χ3n) is 6.93. The van der Waals surface area contributed by atoms with Crippen LogP contribution in [0.5, 0.6) is 0 Å². The van der Waals surface area contributed by atoms with Crippen LogP contribution in [-0.4, -0.2) is 50.6 Å². The van der Waals surface area contributed by atoms with E-state index in [1.807, 2.05) is 7.05 Å². The highest BCUT2D eigenvalue weighted by molar-refractivity contribution is 5.35. The van der Waals surface area contributed by atoms with Crippen molar-refractivity contribution in [3.8, 4) is 0 Å². The number of hydrogen-bond donors (Lipinski definition) is 0. The van der Waals surface area contributed by atoms with Crippen LogP contribution in [-0.2, 0) is 26.6 Å². The van der Waals surface area contributed by atoms with E-state index in [-0.39, 0.29) is 30.3 Å². The summed E-state index contributed by atoms with van der Waals surface area (Å²) in [5, 5.41) is 0. The molecule has 0 aliphatic carbocycles. The zero-order valence-electron chi connectivity index (χ0n) is 20.3. The molecule has 11 heteroatoms. The SMILES string of the molecule is CC(OC1OCCC(C2CN(C)CCO2)C1c1ccc(F)cc1)c1cc(C(F)(F)F)cc(C(F)(F)F)c1. The van der Waals surface area contributed by atoms with Crippen molar-refractivity contribution in [2.24, 2.45) is 5.92 Å². The molecule has 2 heterocycles. The molecule has 2 aliphatic rings. The van der Waals surface area contributed by atoms with Crippen molar-refractivity contribution in [3.05, 3.63) is 70.5 Å². The Hall–Kier alpha value is -2.21. The van der Waals surface area contributed by atoms with Crippen molar-refractivity contribution in [1.82, 2.24) is 4.90 Å². The minimum absolute atomic E-state index is 0.0849. The fourth-order valence-electron chi connectivity index (χ4n) is 5.00. The van der Waals surface area contributed by atoms with Gasteiger partial charge in [0.05, 0.1) is 36.5 Å². The Morgan fingerprint density at radius 1 is 0.919 bits per heavy atom. The zero-order chi connectivity index (χ0) is 27.0. The summed E-state index contributed by atoms with van der Waals surface area (Å²) in [5.74, 6) is -1.06. The predicted octanol–water partition coefficient (Wildman–Crippen LogP) is 6.42. The number of halogens is 7. The largest absolute Gasteiger partial charge is 0.416 e. The molecule has 2 saturated heterocycles.